The van der Waals surface area contributed by atoms with Gasteiger partial charge in [0.25, 0.3) is 0 Å². The van der Waals surface area contributed by atoms with Gasteiger partial charge in [-0.2, -0.15) is 0 Å². The number of oxazole rings is 1. The lowest BCUT2D eigenvalue weighted by Gasteiger charge is -2.25. The molecular formula is C17H16N6O2. The van der Waals surface area contributed by atoms with Crippen molar-refractivity contribution in [2.24, 2.45) is 0 Å². The molecule has 8 heteroatoms. The van der Waals surface area contributed by atoms with Crippen LogP contribution in [0.3, 0.4) is 0 Å². The Hall–Kier alpha value is -3.16. The van der Waals surface area contributed by atoms with Crippen LogP contribution in [0.5, 0.6) is 5.75 Å². The summed E-state index contributed by atoms with van der Waals surface area (Å²) in [5.41, 5.74) is 3.04. The van der Waals surface area contributed by atoms with Gasteiger partial charge in [-0.3, -0.25) is 0 Å². The standard InChI is InChI=1S/C17H16N6O2/c1-4-12(14-13(5-1)25-10-22-14)24-7-11-3-2-6-23(11)17-15-16(19-8-18-15)20-9-21-17/h1,4-5,8-11H,2-3,6-7H2,(H,18,19,20,21). The van der Waals surface area contributed by atoms with Crippen LogP contribution in [0.2, 0.25) is 0 Å². The van der Waals surface area contributed by atoms with Crippen molar-refractivity contribution in [1.29, 1.82) is 0 Å². The highest BCUT2D eigenvalue weighted by Crippen LogP contribution is 2.29. The number of ether oxygens (including phenoxy) is 1. The van der Waals surface area contributed by atoms with Gasteiger partial charge in [-0.1, -0.05) is 6.07 Å². The van der Waals surface area contributed by atoms with E-state index in [1.807, 2.05) is 18.2 Å². The van der Waals surface area contributed by atoms with E-state index < -0.39 is 0 Å². The molecule has 3 aromatic heterocycles. The van der Waals surface area contributed by atoms with Crippen molar-refractivity contribution in [3.8, 4) is 5.75 Å². The molecule has 1 fully saturated rings. The number of aromatic nitrogens is 5. The molecule has 0 spiro atoms. The number of H-pyrrole nitrogens is 1. The van der Waals surface area contributed by atoms with Crippen LogP contribution in [0, 0.1) is 0 Å². The zero-order valence-electron chi connectivity index (χ0n) is 13.4. The Morgan fingerprint density at radius 2 is 2.20 bits per heavy atom. The first-order chi connectivity index (χ1) is 12.4. The highest BCUT2D eigenvalue weighted by Gasteiger charge is 2.28. The van der Waals surface area contributed by atoms with Crippen molar-refractivity contribution in [2.45, 2.75) is 18.9 Å². The molecule has 1 aliphatic rings. The minimum atomic E-state index is 0.233. The number of hydrogen-bond acceptors (Lipinski definition) is 7. The fourth-order valence-corrected chi connectivity index (χ4v) is 3.41. The summed E-state index contributed by atoms with van der Waals surface area (Å²) < 4.78 is 11.4. The lowest BCUT2D eigenvalue weighted by atomic mass is 10.2. The predicted octanol–water partition coefficient (Wildman–Crippen LogP) is 2.54. The van der Waals surface area contributed by atoms with Crippen LogP contribution in [0.15, 0.2) is 41.7 Å². The molecule has 0 amide bonds. The summed E-state index contributed by atoms with van der Waals surface area (Å²) >= 11 is 0. The monoisotopic (exact) mass is 336 g/mol. The SMILES string of the molecule is c1cc(OCC2CCCN2c2ncnc3[nH]cnc23)c2ncoc2c1. The molecule has 8 nitrogen and oxygen atoms in total. The number of hydrogen-bond donors (Lipinski definition) is 1. The Kier molecular flexibility index (Phi) is 3.26. The predicted molar refractivity (Wildman–Crippen MR) is 91.6 cm³/mol. The van der Waals surface area contributed by atoms with Crippen LogP contribution in [0.1, 0.15) is 12.8 Å². The first kappa shape index (κ1) is 14.2. The molecule has 25 heavy (non-hydrogen) atoms. The largest absolute Gasteiger partial charge is 0.489 e. The van der Waals surface area contributed by atoms with Gasteiger partial charge >= 0.3 is 0 Å². The van der Waals surface area contributed by atoms with Gasteiger partial charge in [-0.25, -0.2) is 19.9 Å². The molecule has 1 saturated heterocycles. The molecule has 0 aliphatic carbocycles. The van der Waals surface area contributed by atoms with Crippen molar-refractivity contribution >= 4 is 28.1 Å². The van der Waals surface area contributed by atoms with E-state index in [1.54, 1.807) is 12.7 Å². The van der Waals surface area contributed by atoms with Gasteiger partial charge in [0.15, 0.2) is 29.0 Å². The maximum atomic E-state index is 6.07. The molecular weight excluding hydrogens is 320 g/mol. The molecule has 4 heterocycles. The third-order valence-corrected chi connectivity index (χ3v) is 4.60. The van der Waals surface area contributed by atoms with E-state index in [1.165, 1.54) is 6.39 Å². The van der Waals surface area contributed by atoms with E-state index in [0.717, 1.165) is 53.2 Å². The van der Waals surface area contributed by atoms with Gasteiger partial charge in [0.2, 0.25) is 0 Å². The molecule has 1 N–H and O–H groups in total. The Morgan fingerprint density at radius 1 is 1.20 bits per heavy atom. The van der Waals surface area contributed by atoms with E-state index in [2.05, 4.69) is 29.8 Å². The smallest absolute Gasteiger partial charge is 0.182 e. The van der Waals surface area contributed by atoms with Gasteiger partial charge in [-0.15, -0.1) is 0 Å². The molecule has 5 rings (SSSR count). The molecule has 1 aromatic carbocycles. The fourth-order valence-electron chi connectivity index (χ4n) is 3.41. The Bertz CT molecular complexity index is 1030. The third kappa shape index (κ3) is 2.37. The number of aromatic amines is 1. The van der Waals surface area contributed by atoms with Gasteiger partial charge in [0.05, 0.1) is 12.4 Å². The summed E-state index contributed by atoms with van der Waals surface area (Å²) in [5, 5.41) is 0. The molecule has 0 saturated carbocycles. The Balaban J connectivity index is 1.40. The average molecular weight is 336 g/mol. The van der Waals surface area contributed by atoms with Crippen molar-refractivity contribution in [3.05, 3.63) is 37.2 Å². The van der Waals surface area contributed by atoms with Crippen molar-refractivity contribution in [1.82, 2.24) is 24.9 Å². The second kappa shape index (κ2) is 5.73. The number of imidazole rings is 1. The number of nitrogens with one attached hydrogen (secondary N) is 1. The summed E-state index contributed by atoms with van der Waals surface area (Å²) in [6, 6.07) is 5.94. The highest BCUT2D eigenvalue weighted by atomic mass is 16.5. The van der Waals surface area contributed by atoms with Crippen molar-refractivity contribution < 1.29 is 9.15 Å². The maximum Gasteiger partial charge on any atom is 0.182 e. The van der Waals surface area contributed by atoms with E-state index >= 15 is 0 Å². The Labute approximate surface area is 142 Å². The Morgan fingerprint density at radius 3 is 3.20 bits per heavy atom. The first-order valence-corrected chi connectivity index (χ1v) is 8.26. The zero-order valence-corrected chi connectivity index (χ0v) is 13.4. The number of rotatable bonds is 4. The number of benzene rings is 1. The van der Waals surface area contributed by atoms with Gasteiger partial charge in [0.1, 0.15) is 24.2 Å². The normalized spacial score (nSPS) is 17.6. The third-order valence-electron chi connectivity index (χ3n) is 4.60. The maximum absolute atomic E-state index is 6.07. The van der Waals surface area contributed by atoms with Crippen molar-refractivity contribution in [3.63, 3.8) is 0 Å². The van der Waals surface area contributed by atoms with E-state index in [9.17, 15) is 0 Å². The van der Waals surface area contributed by atoms with Crippen LogP contribution in [-0.4, -0.2) is 44.1 Å². The van der Waals surface area contributed by atoms with Crippen LogP contribution in [-0.2, 0) is 0 Å². The van der Waals surface area contributed by atoms with E-state index in [-0.39, 0.29) is 6.04 Å². The lowest BCUT2D eigenvalue weighted by molar-refractivity contribution is 0.291. The van der Waals surface area contributed by atoms with Crippen LogP contribution >= 0.6 is 0 Å². The van der Waals surface area contributed by atoms with Crippen LogP contribution < -0.4 is 9.64 Å². The highest BCUT2D eigenvalue weighted by molar-refractivity contribution is 5.83. The quantitative estimate of drug-likeness (QED) is 0.612. The number of nitrogens with zero attached hydrogens (tertiary/aromatic N) is 5. The topological polar surface area (TPSA) is 93.0 Å². The molecule has 1 aliphatic heterocycles. The fraction of sp³-hybridized carbons (Fsp3) is 0.294. The zero-order chi connectivity index (χ0) is 16.6. The second-order valence-electron chi connectivity index (χ2n) is 6.05. The summed E-state index contributed by atoms with van der Waals surface area (Å²) in [6.07, 6.45) is 6.80. The molecule has 0 radical (unpaired) electrons. The minimum Gasteiger partial charge on any atom is -0.489 e. The van der Waals surface area contributed by atoms with E-state index in [0.29, 0.717) is 6.61 Å². The minimum absolute atomic E-state index is 0.233. The molecule has 4 aromatic rings. The van der Waals surface area contributed by atoms with Gasteiger partial charge in [-0.05, 0) is 25.0 Å². The van der Waals surface area contributed by atoms with Crippen molar-refractivity contribution in [2.75, 3.05) is 18.1 Å². The number of anilines is 1. The van der Waals surface area contributed by atoms with Crippen LogP contribution in [0.4, 0.5) is 5.82 Å². The first-order valence-electron chi connectivity index (χ1n) is 8.26. The van der Waals surface area contributed by atoms with Gasteiger partial charge < -0.3 is 19.0 Å². The second-order valence-corrected chi connectivity index (χ2v) is 6.05. The van der Waals surface area contributed by atoms with Crippen LogP contribution in [0.25, 0.3) is 22.3 Å². The molecule has 0 bridgehead atoms. The molecule has 126 valence electrons. The summed E-state index contributed by atoms with van der Waals surface area (Å²) in [4.78, 5) is 22.6. The number of fused-ring (bicyclic) bond motifs is 2. The summed E-state index contributed by atoms with van der Waals surface area (Å²) in [5.74, 6) is 1.60. The van der Waals surface area contributed by atoms with E-state index in [4.69, 9.17) is 9.15 Å². The average Bonchev–Trinajstić information content (AvgIpc) is 3.38. The number of para-hydroxylation sites is 1. The lowest BCUT2D eigenvalue weighted by Crippen LogP contribution is -2.35. The summed E-state index contributed by atoms with van der Waals surface area (Å²) in [6.45, 7) is 1.49. The molecule has 1 unspecified atom stereocenters. The van der Waals surface area contributed by atoms with Gasteiger partial charge in [0, 0.05) is 6.54 Å². The summed E-state index contributed by atoms with van der Waals surface area (Å²) in [7, 11) is 0. The molecule has 1 atom stereocenters.